The van der Waals surface area contributed by atoms with E-state index in [1.54, 1.807) is 18.2 Å². The Morgan fingerprint density at radius 3 is 2.42 bits per heavy atom. The standard InChI is InChI=1S/C19H20N2O3/c1-2-23-17-12-6-7-13-18(17)24-15-19(22)21-20-14-8-11-16-9-4-3-5-10-16/h3-14H,2,15H2,1H3,(H,21,22). The topological polar surface area (TPSA) is 59.9 Å². The molecule has 0 aromatic heterocycles. The molecule has 0 saturated carbocycles. The van der Waals surface area contributed by atoms with E-state index in [-0.39, 0.29) is 12.5 Å². The van der Waals surface area contributed by atoms with Crippen molar-refractivity contribution in [2.75, 3.05) is 13.2 Å². The third kappa shape index (κ3) is 5.96. The van der Waals surface area contributed by atoms with Crippen molar-refractivity contribution in [3.63, 3.8) is 0 Å². The van der Waals surface area contributed by atoms with E-state index in [4.69, 9.17) is 9.47 Å². The number of hydrazone groups is 1. The Labute approximate surface area is 141 Å². The molecule has 2 rings (SSSR count). The first kappa shape index (κ1) is 17.3. The number of allylic oxidation sites excluding steroid dienone is 1. The van der Waals surface area contributed by atoms with Crippen LogP contribution in [-0.2, 0) is 4.79 Å². The van der Waals surface area contributed by atoms with Crippen LogP contribution in [0.5, 0.6) is 11.5 Å². The summed E-state index contributed by atoms with van der Waals surface area (Å²) in [6.45, 7) is 2.29. The molecule has 0 atom stereocenters. The second-order valence-electron chi connectivity index (χ2n) is 4.75. The predicted molar refractivity (Wildman–Crippen MR) is 95.2 cm³/mol. The zero-order valence-electron chi connectivity index (χ0n) is 13.5. The zero-order valence-corrected chi connectivity index (χ0v) is 13.5. The number of benzene rings is 2. The van der Waals surface area contributed by atoms with Crippen LogP contribution >= 0.6 is 0 Å². The monoisotopic (exact) mass is 324 g/mol. The fourth-order valence-corrected chi connectivity index (χ4v) is 1.89. The molecule has 0 saturated heterocycles. The number of ether oxygens (including phenoxy) is 2. The van der Waals surface area contributed by atoms with Crippen molar-refractivity contribution >= 4 is 18.2 Å². The lowest BCUT2D eigenvalue weighted by atomic mass is 10.2. The summed E-state index contributed by atoms with van der Waals surface area (Å²) >= 11 is 0. The van der Waals surface area contributed by atoms with Crippen molar-refractivity contribution in [3.8, 4) is 11.5 Å². The third-order valence-corrected chi connectivity index (χ3v) is 2.95. The summed E-state index contributed by atoms with van der Waals surface area (Å²) in [6.07, 6.45) is 5.16. The van der Waals surface area contributed by atoms with Crippen molar-refractivity contribution < 1.29 is 14.3 Å². The third-order valence-electron chi connectivity index (χ3n) is 2.95. The van der Waals surface area contributed by atoms with Crippen molar-refractivity contribution in [2.45, 2.75) is 6.92 Å². The van der Waals surface area contributed by atoms with E-state index in [9.17, 15) is 4.79 Å². The van der Waals surface area contributed by atoms with Crippen molar-refractivity contribution in [1.82, 2.24) is 5.43 Å². The average molecular weight is 324 g/mol. The average Bonchev–Trinajstić information content (AvgIpc) is 2.62. The molecule has 0 spiro atoms. The smallest absolute Gasteiger partial charge is 0.277 e. The van der Waals surface area contributed by atoms with Gasteiger partial charge in [0.2, 0.25) is 0 Å². The van der Waals surface area contributed by atoms with E-state index < -0.39 is 0 Å². The van der Waals surface area contributed by atoms with E-state index in [2.05, 4.69) is 10.5 Å². The summed E-state index contributed by atoms with van der Waals surface area (Å²) in [6, 6.07) is 17.0. The number of hydrogen-bond acceptors (Lipinski definition) is 4. The number of amides is 1. The number of hydrogen-bond donors (Lipinski definition) is 1. The van der Waals surface area contributed by atoms with Crippen molar-refractivity contribution in [3.05, 3.63) is 66.2 Å². The van der Waals surface area contributed by atoms with Gasteiger partial charge in [-0.1, -0.05) is 48.5 Å². The van der Waals surface area contributed by atoms with Crippen LogP contribution in [0.25, 0.3) is 6.08 Å². The predicted octanol–water partition coefficient (Wildman–Crippen LogP) is 3.28. The van der Waals surface area contributed by atoms with Gasteiger partial charge in [0.1, 0.15) is 0 Å². The first-order valence-electron chi connectivity index (χ1n) is 7.68. The minimum atomic E-state index is -0.342. The number of para-hydroxylation sites is 2. The van der Waals surface area contributed by atoms with Gasteiger partial charge in [-0.2, -0.15) is 5.10 Å². The van der Waals surface area contributed by atoms with Crippen LogP contribution in [0, 0.1) is 0 Å². The van der Waals surface area contributed by atoms with E-state index in [0.29, 0.717) is 18.1 Å². The molecule has 1 N–H and O–H groups in total. The van der Waals surface area contributed by atoms with Crippen LogP contribution in [0.2, 0.25) is 0 Å². The second-order valence-corrected chi connectivity index (χ2v) is 4.75. The molecule has 0 unspecified atom stereocenters. The van der Waals surface area contributed by atoms with Crippen molar-refractivity contribution in [2.24, 2.45) is 5.10 Å². The molecule has 24 heavy (non-hydrogen) atoms. The molecule has 0 heterocycles. The molecule has 1 amide bonds. The minimum absolute atomic E-state index is 0.135. The Morgan fingerprint density at radius 2 is 1.71 bits per heavy atom. The van der Waals surface area contributed by atoms with Gasteiger partial charge in [-0.15, -0.1) is 0 Å². The molecule has 0 aliphatic rings. The van der Waals surface area contributed by atoms with Crippen LogP contribution in [0.1, 0.15) is 12.5 Å². The number of nitrogens with zero attached hydrogens (tertiary/aromatic N) is 1. The number of carbonyl (C=O) groups is 1. The maximum Gasteiger partial charge on any atom is 0.277 e. The van der Waals surface area contributed by atoms with Gasteiger partial charge in [0.25, 0.3) is 5.91 Å². The van der Waals surface area contributed by atoms with Crippen LogP contribution < -0.4 is 14.9 Å². The molecule has 0 radical (unpaired) electrons. The van der Waals surface area contributed by atoms with Gasteiger partial charge in [-0.3, -0.25) is 4.79 Å². The normalized spacial score (nSPS) is 10.9. The Bertz CT molecular complexity index is 697. The van der Waals surface area contributed by atoms with Crippen LogP contribution in [0.15, 0.2) is 65.8 Å². The maximum atomic E-state index is 11.7. The molecule has 5 nitrogen and oxygen atoms in total. The Morgan fingerprint density at radius 1 is 1.04 bits per heavy atom. The summed E-state index contributed by atoms with van der Waals surface area (Å²) in [5.41, 5.74) is 3.47. The van der Waals surface area contributed by atoms with E-state index in [1.807, 2.05) is 55.5 Å². The van der Waals surface area contributed by atoms with E-state index >= 15 is 0 Å². The highest BCUT2D eigenvalue weighted by molar-refractivity contribution is 5.82. The molecular weight excluding hydrogens is 304 g/mol. The molecule has 2 aromatic rings. The molecular formula is C19H20N2O3. The lowest BCUT2D eigenvalue weighted by molar-refractivity contribution is -0.123. The second kappa shape index (κ2) is 9.84. The number of nitrogens with one attached hydrogen (secondary N) is 1. The summed E-state index contributed by atoms with van der Waals surface area (Å²) < 4.78 is 10.9. The lowest BCUT2D eigenvalue weighted by Crippen LogP contribution is -2.24. The highest BCUT2D eigenvalue weighted by atomic mass is 16.5. The molecule has 124 valence electrons. The number of carbonyl (C=O) groups excluding carboxylic acids is 1. The summed E-state index contributed by atoms with van der Waals surface area (Å²) in [5.74, 6) is 0.801. The minimum Gasteiger partial charge on any atom is -0.490 e. The fraction of sp³-hybridized carbons (Fsp3) is 0.158. The van der Waals surface area contributed by atoms with Gasteiger partial charge in [0.15, 0.2) is 18.1 Å². The van der Waals surface area contributed by atoms with Gasteiger partial charge in [0.05, 0.1) is 6.61 Å². The Balaban J connectivity index is 1.75. The van der Waals surface area contributed by atoms with Gasteiger partial charge >= 0.3 is 0 Å². The maximum absolute atomic E-state index is 11.7. The molecule has 2 aromatic carbocycles. The summed E-state index contributed by atoms with van der Waals surface area (Å²) in [7, 11) is 0. The number of rotatable bonds is 8. The summed E-state index contributed by atoms with van der Waals surface area (Å²) in [4.78, 5) is 11.7. The zero-order chi connectivity index (χ0) is 17.0. The molecule has 5 heteroatoms. The molecule has 0 aliphatic heterocycles. The highest BCUT2D eigenvalue weighted by Crippen LogP contribution is 2.26. The van der Waals surface area contributed by atoms with Crippen LogP contribution in [0.3, 0.4) is 0 Å². The van der Waals surface area contributed by atoms with Crippen molar-refractivity contribution in [1.29, 1.82) is 0 Å². The van der Waals surface area contributed by atoms with E-state index in [1.165, 1.54) is 6.21 Å². The van der Waals surface area contributed by atoms with Gasteiger partial charge in [-0.25, -0.2) is 5.43 Å². The lowest BCUT2D eigenvalue weighted by Gasteiger charge is -2.10. The molecule has 0 fully saturated rings. The van der Waals surface area contributed by atoms with Gasteiger partial charge < -0.3 is 9.47 Å². The first-order valence-corrected chi connectivity index (χ1v) is 7.68. The quantitative estimate of drug-likeness (QED) is 0.599. The van der Waals surface area contributed by atoms with Gasteiger partial charge in [0, 0.05) is 6.21 Å². The fourth-order valence-electron chi connectivity index (χ4n) is 1.89. The molecule has 0 aliphatic carbocycles. The molecule has 0 bridgehead atoms. The summed E-state index contributed by atoms with van der Waals surface area (Å²) in [5, 5.41) is 3.83. The largest absolute Gasteiger partial charge is 0.490 e. The van der Waals surface area contributed by atoms with Crippen LogP contribution in [-0.4, -0.2) is 25.3 Å². The van der Waals surface area contributed by atoms with Gasteiger partial charge in [-0.05, 0) is 30.7 Å². The first-order chi connectivity index (χ1) is 11.8. The Kier molecular flexibility index (Phi) is 7.08. The SMILES string of the molecule is CCOc1ccccc1OCC(=O)NN=CC=Cc1ccccc1. The van der Waals surface area contributed by atoms with E-state index in [0.717, 1.165) is 5.56 Å². The Hall–Kier alpha value is -3.08. The van der Waals surface area contributed by atoms with Crippen LogP contribution in [0.4, 0.5) is 0 Å². The highest BCUT2D eigenvalue weighted by Gasteiger charge is 2.06.